The van der Waals surface area contributed by atoms with Crippen LogP contribution in [-0.2, 0) is 0 Å². The normalized spacial score (nSPS) is 26.2. The Morgan fingerprint density at radius 1 is 1.50 bits per heavy atom. The van der Waals surface area contributed by atoms with Crippen molar-refractivity contribution in [1.29, 1.82) is 0 Å². The molecule has 0 aliphatic heterocycles. The highest BCUT2D eigenvalue weighted by molar-refractivity contribution is 5.92. The minimum Gasteiger partial charge on any atom is -0.411 e. The van der Waals surface area contributed by atoms with Gasteiger partial charge in [0.1, 0.15) is 0 Å². The minimum atomic E-state index is 0.858. The number of oxime groups is 1. The fourth-order valence-electron chi connectivity index (χ4n) is 0.912. The molecule has 0 heterocycles. The van der Waals surface area contributed by atoms with E-state index >= 15 is 0 Å². The molecule has 45 valence electrons. The zero-order valence-corrected chi connectivity index (χ0v) is 4.80. The molecule has 1 saturated carbocycles. The summed E-state index contributed by atoms with van der Waals surface area (Å²) in [6, 6.07) is 0. The van der Waals surface area contributed by atoms with Crippen molar-refractivity contribution in [3.05, 3.63) is 6.42 Å². The van der Waals surface area contributed by atoms with Gasteiger partial charge in [-0.2, -0.15) is 0 Å². The van der Waals surface area contributed by atoms with Crippen molar-refractivity contribution < 1.29 is 5.21 Å². The monoisotopic (exact) mass is 112 g/mol. The first kappa shape index (κ1) is 5.60. The van der Waals surface area contributed by atoms with Gasteiger partial charge in [-0.15, -0.1) is 0 Å². The third-order valence-corrected chi connectivity index (χ3v) is 1.40. The van der Waals surface area contributed by atoms with E-state index in [4.69, 9.17) is 5.21 Å². The lowest BCUT2D eigenvalue weighted by atomic mass is 9.99. The maximum atomic E-state index is 8.25. The second-order valence-electron chi connectivity index (χ2n) is 2.04. The van der Waals surface area contributed by atoms with Gasteiger partial charge >= 0.3 is 0 Å². The molecule has 0 saturated heterocycles. The van der Waals surface area contributed by atoms with Crippen LogP contribution in [0.5, 0.6) is 0 Å². The van der Waals surface area contributed by atoms with E-state index in [0.29, 0.717) is 0 Å². The van der Waals surface area contributed by atoms with Crippen molar-refractivity contribution in [3.8, 4) is 0 Å². The highest BCUT2D eigenvalue weighted by Crippen LogP contribution is 2.12. The van der Waals surface area contributed by atoms with Gasteiger partial charge in [-0.05, 0) is 19.3 Å². The number of rotatable bonds is 0. The van der Waals surface area contributed by atoms with E-state index in [1.54, 1.807) is 0 Å². The zero-order chi connectivity index (χ0) is 5.82. The van der Waals surface area contributed by atoms with Gasteiger partial charge < -0.3 is 5.21 Å². The molecule has 1 N–H and O–H groups in total. The summed E-state index contributed by atoms with van der Waals surface area (Å²) in [6.45, 7) is 0. The molecular formula is C6H10NO. The third-order valence-electron chi connectivity index (χ3n) is 1.40. The lowest BCUT2D eigenvalue weighted by Crippen LogP contribution is -2.04. The lowest BCUT2D eigenvalue weighted by molar-refractivity contribution is 0.316. The average Bonchev–Trinajstić information content (AvgIpc) is 1.90. The zero-order valence-electron chi connectivity index (χ0n) is 4.80. The van der Waals surface area contributed by atoms with E-state index in [0.717, 1.165) is 18.6 Å². The van der Waals surface area contributed by atoms with Crippen molar-refractivity contribution in [2.24, 2.45) is 5.16 Å². The van der Waals surface area contributed by atoms with Gasteiger partial charge in [0.2, 0.25) is 0 Å². The summed E-state index contributed by atoms with van der Waals surface area (Å²) in [5.74, 6) is 0. The van der Waals surface area contributed by atoms with Gasteiger partial charge in [0.05, 0.1) is 5.71 Å². The fourth-order valence-corrected chi connectivity index (χ4v) is 0.912. The van der Waals surface area contributed by atoms with Crippen molar-refractivity contribution in [1.82, 2.24) is 0 Å². The van der Waals surface area contributed by atoms with Gasteiger partial charge in [0.25, 0.3) is 0 Å². The Bertz CT molecular complexity index is 90.7. The topological polar surface area (TPSA) is 32.6 Å². The molecule has 0 bridgehead atoms. The molecule has 0 aromatic carbocycles. The summed E-state index contributed by atoms with van der Waals surface area (Å²) in [4.78, 5) is 0. The van der Waals surface area contributed by atoms with Crippen molar-refractivity contribution in [3.63, 3.8) is 0 Å². The molecule has 2 nitrogen and oxygen atoms in total. The number of hydrogen-bond donors (Lipinski definition) is 1. The Kier molecular flexibility index (Phi) is 1.89. The smallest absolute Gasteiger partial charge is 0.0608 e. The molecule has 2 heteroatoms. The lowest BCUT2D eigenvalue weighted by Gasteiger charge is -2.08. The molecule has 0 aromatic heterocycles. The van der Waals surface area contributed by atoms with Gasteiger partial charge in [0, 0.05) is 6.42 Å². The summed E-state index contributed by atoms with van der Waals surface area (Å²) < 4.78 is 0. The summed E-state index contributed by atoms with van der Waals surface area (Å²) in [7, 11) is 0. The Morgan fingerprint density at radius 3 is 2.75 bits per heavy atom. The third kappa shape index (κ3) is 1.22. The second-order valence-corrected chi connectivity index (χ2v) is 2.04. The van der Waals surface area contributed by atoms with Gasteiger partial charge in [-0.3, -0.25) is 0 Å². The molecule has 1 aliphatic rings. The summed E-state index contributed by atoms with van der Waals surface area (Å²) >= 11 is 0. The van der Waals surface area contributed by atoms with Gasteiger partial charge in [-0.25, -0.2) is 0 Å². The maximum Gasteiger partial charge on any atom is 0.0608 e. The predicted molar refractivity (Wildman–Crippen MR) is 32.0 cm³/mol. The van der Waals surface area contributed by atoms with Crippen LogP contribution in [0, 0.1) is 6.42 Å². The highest BCUT2D eigenvalue weighted by atomic mass is 16.4. The minimum absolute atomic E-state index is 0.858. The van der Waals surface area contributed by atoms with E-state index in [9.17, 15) is 0 Å². The molecule has 0 atom stereocenters. The van der Waals surface area contributed by atoms with Crippen LogP contribution in [0.1, 0.15) is 25.7 Å². The van der Waals surface area contributed by atoms with E-state index in [1.165, 1.54) is 12.8 Å². The Hall–Kier alpha value is -0.530. The summed E-state index contributed by atoms with van der Waals surface area (Å²) in [6.07, 6.45) is 6.45. The second kappa shape index (κ2) is 2.70. The summed E-state index contributed by atoms with van der Waals surface area (Å²) in [5, 5.41) is 11.4. The molecule has 1 rings (SSSR count). The van der Waals surface area contributed by atoms with Crippen LogP contribution >= 0.6 is 0 Å². The van der Waals surface area contributed by atoms with Crippen molar-refractivity contribution in [2.75, 3.05) is 0 Å². The van der Waals surface area contributed by atoms with Crippen LogP contribution in [-0.4, -0.2) is 10.9 Å². The average molecular weight is 112 g/mol. The largest absolute Gasteiger partial charge is 0.411 e. The predicted octanol–water partition coefficient (Wildman–Crippen LogP) is 1.59. The maximum absolute atomic E-state index is 8.25. The molecule has 0 amide bonds. The summed E-state index contributed by atoms with van der Waals surface area (Å²) in [5.41, 5.74) is 0.858. The number of hydrogen-bond acceptors (Lipinski definition) is 2. The molecule has 0 aromatic rings. The van der Waals surface area contributed by atoms with E-state index < -0.39 is 0 Å². The van der Waals surface area contributed by atoms with Crippen LogP contribution in [0.2, 0.25) is 0 Å². The molecular weight excluding hydrogens is 102 g/mol. The van der Waals surface area contributed by atoms with E-state index in [2.05, 4.69) is 5.16 Å². The fraction of sp³-hybridized carbons (Fsp3) is 0.667. The number of nitrogens with zero attached hydrogens (tertiary/aromatic N) is 1. The van der Waals surface area contributed by atoms with Crippen molar-refractivity contribution >= 4 is 5.71 Å². The first-order valence-electron chi connectivity index (χ1n) is 2.97. The quantitative estimate of drug-likeness (QED) is 0.374. The highest BCUT2D eigenvalue weighted by Gasteiger charge is 2.05. The van der Waals surface area contributed by atoms with Crippen LogP contribution in [0.15, 0.2) is 5.16 Å². The molecule has 0 unspecified atom stereocenters. The van der Waals surface area contributed by atoms with Crippen LogP contribution in [0.4, 0.5) is 0 Å². The standard InChI is InChI=1S/C6H10NO/c8-7-6-4-2-1-3-5-6/h4,8H,1-3,5H2. The van der Waals surface area contributed by atoms with Gasteiger partial charge in [-0.1, -0.05) is 11.6 Å². The van der Waals surface area contributed by atoms with Crippen molar-refractivity contribution in [2.45, 2.75) is 25.7 Å². The van der Waals surface area contributed by atoms with E-state index in [1.807, 2.05) is 6.42 Å². The molecule has 8 heavy (non-hydrogen) atoms. The Balaban J connectivity index is 2.33. The van der Waals surface area contributed by atoms with E-state index in [-0.39, 0.29) is 0 Å². The first-order valence-corrected chi connectivity index (χ1v) is 2.97. The Labute approximate surface area is 49.2 Å². The SMILES string of the molecule is ON=C1[CH]CCCC1. The molecule has 1 radical (unpaired) electrons. The van der Waals surface area contributed by atoms with Crippen LogP contribution in [0.3, 0.4) is 0 Å². The molecule has 0 spiro atoms. The van der Waals surface area contributed by atoms with Gasteiger partial charge in [0.15, 0.2) is 0 Å². The van der Waals surface area contributed by atoms with Crippen LogP contribution in [0.25, 0.3) is 0 Å². The first-order chi connectivity index (χ1) is 3.93. The molecule has 1 fully saturated rings. The van der Waals surface area contributed by atoms with Crippen LogP contribution < -0.4 is 0 Å². The molecule has 1 aliphatic carbocycles. The Morgan fingerprint density at radius 2 is 2.38 bits per heavy atom.